The zero-order chi connectivity index (χ0) is 15.0. The molecule has 1 N–H and O–H groups in total. The number of thiazole rings is 1. The molecule has 0 aliphatic heterocycles. The molecule has 1 atom stereocenters. The summed E-state index contributed by atoms with van der Waals surface area (Å²) in [6, 6.07) is 0. The van der Waals surface area contributed by atoms with Gasteiger partial charge in [0.2, 0.25) is 0 Å². The van der Waals surface area contributed by atoms with Gasteiger partial charge in [0.05, 0.1) is 17.0 Å². The van der Waals surface area contributed by atoms with Crippen molar-refractivity contribution in [3.8, 4) is 0 Å². The van der Waals surface area contributed by atoms with E-state index in [1.165, 1.54) is 17.5 Å². The summed E-state index contributed by atoms with van der Waals surface area (Å²) in [5, 5.41) is 2.84. The minimum absolute atomic E-state index is 0.140. The number of hydrogen-bond donors (Lipinski definition) is 1. The molecule has 0 aromatic carbocycles. The Balaban J connectivity index is 2.34. The van der Waals surface area contributed by atoms with Crippen molar-refractivity contribution in [2.24, 2.45) is 5.92 Å². The van der Waals surface area contributed by atoms with Crippen LogP contribution in [-0.2, 0) is 10.8 Å². The zero-order valence-electron chi connectivity index (χ0n) is 12.2. The molecule has 0 saturated heterocycles. The van der Waals surface area contributed by atoms with Crippen LogP contribution in [0.5, 0.6) is 0 Å². The van der Waals surface area contributed by atoms with E-state index in [9.17, 15) is 9.00 Å². The molecule has 1 aromatic rings. The van der Waals surface area contributed by atoms with Crippen LogP contribution in [-0.4, -0.2) is 27.4 Å². The average molecular weight is 314 g/mol. The van der Waals surface area contributed by atoms with Crippen LogP contribution in [0.25, 0.3) is 0 Å². The molecule has 0 saturated carbocycles. The summed E-state index contributed by atoms with van der Waals surface area (Å²) < 4.78 is 12.1. The lowest BCUT2D eigenvalue weighted by Gasteiger charge is -2.00. The fourth-order valence-corrected chi connectivity index (χ4v) is 3.41. The first kappa shape index (κ1) is 17.0. The van der Waals surface area contributed by atoms with Gasteiger partial charge in [0.25, 0.3) is 5.91 Å². The fraction of sp³-hybridized carbons (Fsp3) is 0.571. The van der Waals surface area contributed by atoms with E-state index < -0.39 is 10.8 Å². The third-order valence-electron chi connectivity index (χ3n) is 2.54. The highest BCUT2D eigenvalue weighted by Crippen LogP contribution is 2.16. The third-order valence-corrected chi connectivity index (χ3v) is 5.15. The number of amides is 1. The van der Waals surface area contributed by atoms with Gasteiger partial charge in [-0.15, -0.1) is 11.3 Å². The van der Waals surface area contributed by atoms with Crippen molar-refractivity contribution < 1.29 is 9.00 Å². The van der Waals surface area contributed by atoms with E-state index in [2.05, 4.69) is 36.3 Å². The van der Waals surface area contributed by atoms with Gasteiger partial charge in [0, 0.05) is 12.3 Å². The molecule has 0 aliphatic rings. The maximum atomic E-state index is 11.8. The summed E-state index contributed by atoms with van der Waals surface area (Å²) in [6.45, 7) is 6.79. The van der Waals surface area contributed by atoms with Gasteiger partial charge in [0.15, 0.2) is 4.34 Å². The lowest BCUT2D eigenvalue weighted by molar-refractivity contribution is 0.0958. The van der Waals surface area contributed by atoms with Gasteiger partial charge in [0.1, 0.15) is 4.88 Å². The normalized spacial score (nSPS) is 13.0. The minimum atomic E-state index is -1.08. The lowest BCUT2D eigenvalue weighted by atomic mass is 10.1. The molecule has 1 unspecified atom stereocenters. The van der Waals surface area contributed by atoms with Gasteiger partial charge in [-0.1, -0.05) is 32.9 Å². The third kappa shape index (κ3) is 5.96. The Morgan fingerprint density at radius 1 is 1.50 bits per heavy atom. The monoisotopic (exact) mass is 314 g/mol. The van der Waals surface area contributed by atoms with Crippen molar-refractivity contribution in [3.05, 3.63) is 23.2 Å². The largest absolute Gasteiger partial charge is 0.351 e. The number of carbonyl (C=O) groups excluding carboxylic acids is 1. The second-order valence-electron chi connectivity index (χ2n) is 4.77. The molecule has 0 aliphatic carbocycles. The number of rotatable bonds is 8. The number of aromatic nitrogens is 1. The van der Waals surface area contributed by atoms with Crippen molar-refractivity contribution >= 4 is 28.0 Å². The van der Waals surface area contributed by atoms with Crippen LogP contribution in [0.15, 0.2) is 22.7 Å². The standard InChI is InChI=1S/C14H22N2O2S2/c1-4-20(18)14-16-10-12(19-14)13(17)15-9-7-5-6-8-11(2)3/h5-6,10-11H,4,7-9H2,1-3H3,(H,15,17)/b6-5-. The molecule has 20 heavy (non-hydrogen) atoms. The van der Waals surface area contributed by atoms with Crippen LogP contribution >= 0.6 is 11.3 Å². The molecule has 0 bridgehead atoms. The van der Waals surface area contributed by atoms with Gasteiger partial charge in [-0.2, -0.15) is 0 Å². The van der Waals surface area contributed by atoms with Crippen LogP contribution in [0.4, 0.5) is 0 Å². The Morgan fingerprint density at radius 3 is 2.90 bits per heavy atom. The minimum Gasteiger partial charge on any atom is -0.351 e. The molecule has 0 radical (unpaired) electrons. The number of nitrogens with one attached hydrogen (secondary N) is 1. The van der Waals surface area contributed by atoms with Gasteiger partial charge in [-0.25, -0.2) is 4.98 Å². The zero-order valence-corrected chi connectivity index (χ0v) is 13.9. The molecule has 1 rings (SSSR count). The van der Waals surface area contributed by atoms with E-state index in [1.807, 2.05) is 6.92 Å². The topological polar surface area (TPSA) is 59.1 Å². The first-order valence-corrected chi connectivity index (χ1v) is 8.95. The first-order valence-electron chi connectivity index (χ1n) is 6.82. The molecular weight excluding hydrogens is 292 g/mol. The van der Waals surface area contributed by atoms with Gasteiger partial charge in [-0.3, -0.25) is 9.00 Å². The number of nitrogens with zero attached hydrogens (tertiary/aromatic N) is 1. The van der Waals surface area contributed by atoms with E-state index in [0.29, 0.717) is 27.4 Å². The Labute approximate surface area is 127 Å². The predicted molar refractivity (Wildman–Crippen MR) is 84.6 cm³/mol. The molecule has 0 fully saturated rings. The van der Waals surface area contributed by atoms with Crippen molar-refractivity contribution in [2.45, 2.75) is 38.0 Å². The smallest absolute Gasteiger partial charge is 0.263 e. The van der Waals surface area contributed by atoms with E-state index in [4.69, 9.17) is 0 Å². The van der Waals surface area contributed by atoms with Gasteiger partial charge in [-0.05, 0) is 18.8 Å². The number of hydrogen-bond acceptors (Lipinski definition) is 4. The van der Waals surface area contributed by atoms with Crippen LogP contribution in [0.2, 0.25) is 0 Å². The van der Waals surface area contributed by atoms with Crippen LogP contribution in [0, 0.1) is 5.92 Å². The summed E-state index contributed by atoms with van der Waals surface area (Å²) in [4.78, 5) is 16.4. The molecule has 112 valence electrons. The van der Waals surface area contributed by atoms with Crippen molar-refractivity contribution in [1.82, 2.24) is 10.3 Å². The van der Waals surface area contributed by atoms with Crippen molar-refractivity contribution in [2.75, 3.05) is 12.3 Å². The molecule has 1 amide bonds. The predicted octanol–water partition coefficient (Wildman–Crippen LogP) is 2.99. The molecular formula is C14H22N2O2S2. The Kier molecular flexibility index (Phi) is 7.69. The summed E-state index contributed by atoms with van der Waals surface area (Å²) in [7, 11) is -1.08. The second-order valence-corrected chi connectivity index (χ2v) is 7.71. The summed E-state index contributed by atoms with van der Waals surface area (Å²) in [6.07, 6.45) is 7.62. The maximum absolute atomic E-state index is 11.8. The Bertz CT molecular complexity index is 481. The Morgan fingerprint density at radius 2 is 2.25 bits per heavy atom. The summed E-state index contributed by atoms with van der Waals surface area (Å²) >= 11 is 1.20. The van der Waals surface area contributed by atoms with Crippen LogP contribution in [0.1, 0.15) is 43.3 Å². The lowest BCUT2D eigenvalue weighted by Crippen LogP contribution is -2.23. The highest BCUT2D eigenvalue weighted by atomic mass is 32.2. The Hall–Kier alpha value is -1.01. The summed E-state index contributed by atoms with van der Waals surface area (Å²) in [5.74, 6) is 1.05. The average Bonchev–Trinajstić information content (AvgIpc) is 2.91. The van der Waals surface area contributed by atoms with Crippen molar-refractivity contribution in [1.29, 1.82) is 0 Å². The quantitative estimate of drug-likeness (QED) is 0.593. The van der Waals surface area contributed by atoms with E-state index in [-0.39, 0.29) is 5.91 Å². The molecule has 1 aromatic heterocycles. The van der Waals surface area contributed by atoms with E-state index in [1.54, 1.807) is 0 Å². The van der Waals surface area contributed by atoms with Gasteiger partial charge >= 0.3 is 0 Å². The molecule has 4 nitrogen and oxygen atoms in total. The highest BCUT2D eigenvalue weighted by molar-refractivity contribution is 7.87. The van der Waals surface area contributed by atoms with Gasteiger partial charge < -0.3 is 5.32 Å². The second kappa shape index (κ2) is 9.02. The van der Waals surface area contributed by atoms with Crippen LogP contribution in [0.3, 0.4) is 0 Å². The van der Waals surface area contributed by atoms with E-state index in [0.717, 1.165) is 12.8 Å². The first-order chi connectivity index (χ1) is 9.54. The number of allylic oxidation sites excluding steroid dienone is 1. The van der Waals surface area contributed by atoms with Crippen LogP contribution < -0.4 is 5.32 Å². The highest BCUT2D eigenvalue weighted by Gasteiger charge is 2.12. The maximum Gasteiger partial charge on any atom is 0.263 e. The van der Waals surface area contributed by atoms with Crippen molar-refractivity contribution in [3.63, 3.8) is 0 Å². The fourth-order valence-electron chi connectivity index (χ4n) is 1.43. The molecule has 6 heteroatoms. The SMILES string of the molecule is CCS(=O)c1ncc(C(=O)NCC/C=C\CC(C)C)s1. The molecule has 1 heterocycles. The summed E-state index contributed by atoms with van der Waals surface area (Å²) in [5.41, 5.74) is 0. The van der Waals surface area contributed by atoms with E-state index >= 15 is 0 Å². The number of carbonyl (C=O) groups is 1. The molecule has 0 spiro atoms.